The Kier molecular flexibility index (Phi) is 6.11. The molecule has 7 heteroatoms. The number of rotatable bonds is 6. The highest BCUT2D eigenvalue weighted by atomic mass is 32.2. The average Bonchev–Trinajstić information content (AvgIpc) is 3.22. The summed E-state index contributed by atoms with van der Waals surface area (Å²) in [6, 6.07) is 2.30. The van der Waals surface area contributed by atoms with Crippen molar-refractivity contribution in [3.05, 3.63) is 29.2 Å². The molecule has 2 aromatic rings. The van der Waals surface area contributed by atoms with E-state index in [1.54, 1.807) is 7.05 Å². The lowest BCUT2D eigenvalue weighted by Gasteiger charge is -2.33. The molecule has 0 unspecified atom stereocenters. The van der Waals surface area contributed by atoms with Crippen LogP contribution in [0.25, 0.3) is 10.7 Å². The summed E-state index contributed by atoms with van der Waals surface area (Å²) in [6.45, 7) is 11.5. The number of amides is 1. The largest absolute Gasteiger partial charge is 0.358 e. The number of fused-ring (bicyclic) bond motifs is 1. The van der Waals surface area contributed by atoms with E-state index in [9.17, 15) is 4.79 Å². The first-order valence-electron chi connectivity index (χ1n) is 9.33. The maximum atomic E-state index is 11.6. The molecule has 0 aliphatic heterocycles. The number of thiophene rings is 1. The number of nitrogens with zero attached hydrogens (tertiary/aromatic N) is 3. The van der Waals surface area contributed by atoms with Crippen LogP contribution in [0.5, 0.6) is 0 Å². The van der Waals surface area contributed by atoms with Gasteiger partial charge in [-0.05, 0) is 42.2 Å². The van der Waals surface area contributed by atoms with E-state index in [-0.39, 0.29) is 5.91 Å². The monoisotopic (exact) mass is 404 g/mol. The highest BCUT2D eigenvalue weighted by Crippen LogP contribution is 2.42. The lowest BCUT2D eigenvalue weighted by atomic mass is 9.72. The molecule has 0 radical (unpaired) electrons. The first-order valence-corrected chi connectivity index (χ1v) is 11.1. The van der Waals surface area contributed by atoms with Crippen LogP contribution in [-0.2, 0) is 24.2 Å². The number of thioether (sulfide) groups is 1. The highest BCUT2D eigenvalue weighted by Gasteiger charge is 2.30. The minimum Gasteiger partial charge on any atom is -0.358 e. The van der Waals surface area contributed by atoms with E-state index in [1.165, 1.54) is 28.6 Å². The summed E-state index contributed by atoms with van der Waals surface area (Å²) in [5, 5.41) is 12.2. The fraction of sp³-hybridized carbons (Fsp3) is 0.550. The predicted molar refractivity (Wildman–Crippen MR) is 113 cm³/mol. The normalized spacial score (nSPS) is 16.8. The third-order valence-electron chi connectivity index (χ3n) is 5.17. The van der Waals surface area contributed by atoms with Gasteiger partial charge in [-0.2, -0.15) is 0 Å². The highest BCUT2D eigenvalue weighted by molar-refractivity contribution is 7.99. The second-order valence-electron chi connectivity index (χ2n) is 8.03. The quantitative estimate of drug-likeness (QED) is 0.579. The van der Waals surface area contributed by atoms with Gasteiger partial charge in [-0.25, -0.2) is 0 Å². The Morgan fingerprint density at radius 1 is 1.48 bits per heavy atom. The standard InChI is InChI=1S/C20H28N4OS2/c1-6-9-24-18(22-23-19(24)26-12-17(25)21-5)16-11-13-10-14(20(2,3)4)7-8-15(13)27-16/h6,11,14H,1,7-10,12H2,2-5H3,(H,21,25)/t14-/m0/s1. The summed E-state index contributed by atoms with van der Waals surface area (Å²) >= 11 is 3.25. The third-order valence-corrected chi connectivity index (χ3v) is 7.37. The van der Waals surface area contributed by atoms with Crippen molar-refractivity contribution in [2.75, 3.05) is 12.8 Å². The van der Waals surface area contributed by atoms with Crippen LogP contribution in [0.4, 0.5) is 0 Å². The van der Waals surface area contributed by atoms with Crippen molar-refractivity contribution in [2.45, 2.75) is 51.7 Å². The van der Waals surface area contributed by atoms with Crippen LogP contribution in [0, 0.1) is 11.3 Å². The van der Waals surface area contributed by atoms with Crippen LogP contribution < -0.4 is 5.32 Å². The van der Waals surface area contributed by atoms with Gasteiger partial charge in [0.25, 0.3) is 0 Å². The van der Waals surface area contributed by atoms with Crippen molar-refractivity contribution in [3.8, 4) is 10.7 Å². The molecule has 0 saturated heterocycles. The van der Waals surface area contributed by atoms with Crippen LogP contribution in [0.3, 0.4) is 0 Å². The van der Waals surface area contributed by atoms with E-state index in [4.69, 9.17) is 0 Å². The topological polar surface area (TPSA) is 59.8 Å². The van der Waals surface area contributed by atoms with Gasteiger partial charge in [-0.15, -0.1) is 28.1 Å². The number of aromatic nitrogens is 3. The van der Waals surface area contributed by atoms with Crippen LogP contribution in [0.1, 0.15) is 37.6 Å². The molecule has 0 saturated carbocycles. The summed E-state index contributed by atoms with van der Waals surface area (Å²) in [7, 11) is 1.64. The molecular formula is C20H28N4OS2. The molecule has 2 heterocycles. The molecule has 5 nitrogen and oxygen atoms in total. The summed E-state index contributed by atoms with van der Waals surface area (Å²) in [6.07, 6.45) is 5.39. The minimum absolute atomic E-state index is 0.0190. The van der Waals surface area contributed by atoms with E-state index >= 15 is 0 Å². The van der Waals surface area contributed by atoms with Crippen molar-refractivity contribution in [1.29, 1.82) is 0 Å². The first kappa shape index (κ1) is 20.1. The molecule has 1 aliphatic rings. The fourth-order valence-electron chi connectivity index (χ4n) is 3.45. The van der Waals surface area contributed by atoms with Crippen LogP contribution in [0.2, 0.25) is 0 Å². The van der Waals surface area contributed by atoms with Crippen molar-refractivity contribution >= 4 is 29.0 Å². The van der Waals surface area contributed by atoms with Gasteiger partial charge in [0.15, 0.2) is 11.0 Å². The summed E-state index contributed by atoms with van der Waals surface area (Å²) < 4.78 is 2.05. The lowest BCUT2D eigenvalue weighted by molar-refractivity contribution is -0.118. The van der Waals surface area contributed by atoms with E-state index < -0.39 is 0 Å². The number of hydrogen-bond acceptors (Lipinski definition) is 5. The lowest BCUT2D eigenvalue weighted by Crippen LogP contribution is -2.26. The van der Waals surface area contributed by atoms with Gasteiger partial charge in [0.1, 0.15) is 0 Å². The molecule has 27 heavy (non-hydrogen) atoms. The van der Waals surface area contributed by atoms with Gasteiger partial charge in [0.2, 0.25) is 5.91 Å². The maximum Gasteiger partial charge on any atom is 0.230 e. The summed E-state index contributed by atoms with van der Waals surface area (Å²) in [5.41, 5.74) is 1.81. The molecule has 2 aromatic heterocycles. The zero-order chi connectivity index (χ0) is 19.6. The number of hydrogen-bond donors (Lipinski definition) is 1. The van der Waals surface area contributed by atoms with Crippen LogP contribution >= 0.6 is 23.1 Å². The Morgan fingerprint density at radius 2 is 2.26 bits per heavy atom. The number of aryl methyl sites for hydroxylation is 1. The van der Waals surface area contributed by atoms with E-state index in [0.29, 0.717) is 17.7 Å². The molecule has 146 valence electrons. The second kappa shape index (κ2) is 8.19. The van der Waals surface area contributed by atoms with Crippen molar-refractivity contribution in [2.24, 2.45) is 11.3 Å². The van der Waals surface area contributed by atoms with Crippen LogP contribution in [0.15, 0.2) is 23.9 Å². The van der Waals surface area contributed by atoms with E-state index in [0.717, 1.165) is 34.6 Å². The molecule has 1 aliphatic carbocycles. The molecular weight excluding hydrogens is 376 g/mol. The predicted octanol–water partition coefficient (Wildman–Crippen LogP) is 4.18. The smallest absolute Gasteiger partial charge is 0.230 e. The Balaban J connectivity index is 1.87. The number of allylic oxidation sites excluding steroid dienone is 1. The Bertz CT molecular complexity index is 832. The first-order chi connectivity index (χ1) is 12.8. The maximum absolute atomic E-state index is 11.6. The molecule has 0 bridgehead atoms. The van der Waals surface area contributed by atoms with Crippen LogP contribution in [-0.4, -0.2) is 33.5 Å². The van der Waals surface area contributed by atoms with Crippen molar-refractivity contribution in [1.82, 2.24) is 20.1 Å². The van der Waals surface area contributed by atoms with Gasteiger partial charge in [-0.1, -0.05) is 38.6 Å². The van der Waals surface area contributed by atoms with Gasteiger partial charge >= 0.3 is 0 Å². The molecule has 0 spiro atoms. The van der Waals surface area contributed by atoms with Gasteiger partial charge in [0.05, 0.1) is 10.6 Å². The van der Waals surface area contributed by atoms with E-state index in [2.05, 4.69) is 53.5 Å². The van der Waals surface area contributed by atoms with Crippen molar-refractivity contribution < 1.29 is 4.79 Å². The molecule has 1 atom stereocenters. The zero-order valence-corrected chi connectivity index (χ0v) is 18.2. The zero-order valence-electron chi connectivity index (χ0n) is 16.5. The number of carbonyl (C=O) groups is 1. The van der Waals surface area contributed by atoms with E-state index in [1.807, 2.05) is 17.4 Å². The van der Waals surface area contributed by atoms with Gasteiger partial charge in [0, 0.05) is 18.5 Å². The molecule has 0 aromatic carbocycles. The summed E-state index contributed by atoms with van der Waals surface area (Å²) in [4.78, 5) is 14.2. The molecule has 1 N–H and O–H groups in total. The fourth-order valence-corrected chi connectivity index (χ4v) is 5.47. The van der Waals surface area contributed by atoms with Crippen molar-refractivity contribution in [3.63, 3.8) is 0 Å². The third kappa shape index (κ3) is 4.46. The number of nitrogens with one attached hydrogen (secondary N) is 1. The number of carbonyl (C=O) groups excluding carboxylic acids is 1. The molecule has 0 fully saturated rings. The Morgan fingerprint density at radius 3 is 2.93 bits per heavy atom. The second-order valence-corrected chi connectivity index (χ2v) is 10.1. The Hall–Kier alpha value is -1.60. The minimum atomic E-state index is -0.0190. The molecule has 1 amide bonds. The van der Waals surface area contributed by atoms with Gasteiger partial charge < -0.3 is 5.32 Å². The molecule has 3 rings (SSSR count). The average molecular weight is 405 g/mol. The van der Waals surface area contributed by atoms with Gasteiger partial charge in [-0.3, -0.25) is 9.36 Å². The SMILES string of the molecule is C=CCn1c(SCC(=O)NC)nnc1-c1cc2c(s1)CC[C@H](C(C)(C)C)C2. The Labute approximate surface area is 169 Å². The summed E-state index contributed by atoms with van der Waals surface area (Å²) in [5.74, 6) is 1.91.